The summed E-state index contributed by atoms with van der Waals surface area (Å²) in [7, 11) is 0. The van der Waals surface area contributed by atoms with Crippen molar-refractivity contribution in [2.75, 3.05) is 0 Å². The van der Waals surface area contributed by atoms with E-state index in [1.54, 1.807) is 13.1 Å². The molecule has 25 heavy (non-hydrogen) atoms. The highest BCUT2D eigenvalue weighted by atomic mass is 16.5. The molecule has 0 aliphatic carbocycles. The van der Waals surface area contributed by atoms with Crippen molar-refractivity contribution in [2.45, 2.75) is 40.3 Å². The number of amides is 1. The van der Waals surface area contributed by atoms with Crippen LogP contribution in [0.1, 0.15) is 29.3 Å². The molecule has 1 N–H and O–H groups in total. The number of aryl methyl sites for hydroxylation is 3. The maximum Gasteiger partial charge on any atom is 0.261 e. The maximum absolute atomic E-state index is 12.4. The van der Waals surface area contributed by atoms with E-state index in [1.165, 1.54) is 0 Å². The van der Waals surface area contributed by atoms with E-state index in [-0.39, 0.29) is 5.91 Å². The second-order valence-electron chi connectivity index (χ2n) is 6.38. The number of fused-ring (bicyclic) bond motifs is 1. The lowest BCUT2D eigenvalue weighted by Crippen LogP contribution is -2.36. The van der Waals surface area contributed by atoms with Gasteiger partial charge in [-0.25, -0.2) is 4.98 Å². The molecule has 5 heteroatoms. The molecule has 0 fully saturated rings. The number of ether oxygens (including phenoxy) is 1. The van der Waals surface area contributed by atoms with Gasteiger partial charge in [-0.2, -0.15) is 0 Å². The third-order valence-electron chi connectivity index (χ3n) is 4.27. The molecule has 0 aliphatic rings. The number of carbonyl (C=O) groups excluding carboxylic acids is 1. The van der Waals surface area contributed by atoms with Crippen molar-refractivity contribution in [1.82, 2.24) is 14.7 Å². The van der Waals surface area contributed by atoms with Crippen molar-refractivity contribution >= 4 is 11.6 Å². The van der Waals surface area contributed by atoms with E-state index >= 15 is 0 Å². The molecule has 5 nitrogen and oxygen atoms in total. The Labute approximate surface area is 147 Å². The van der Waals surface area contributed by atoms with Crippen molar-refractivity contribution < 1.29 is 9.53 Å². The highest BCUT2D eigenvalue weighted by Gasteiger charge is 2.16. The minimum absolute atomic E-state index is 0.150. The molecule has 130 valence electrons. The van der Waals surface area contributed by atoms with E-state index in [0.717, 1.165) is 33.8 Å². The maximum atomic E-state index is 12.4. The zero-order valence-corrected chi connectivity index (χ0v) is 15.0. The first-order chi connectivity index (χ1) is 12.0. The van der Waals surface area contributed by atoms with Crippen molar-refractivity contribution in [3.8, 4) is 5.75 Å². The van der Waals surface area contributed by atoms with Crippen LogP contribution in [-0.2, 0) is 11.3 Å². The fourth-order valence-electron chi connectivity index (χ4n) is 2.73. The lowest BCUT2D eigenvalue weighted by Gasteiger charge is -2.16. The van der Waals surface area contributed by atoms with Crippen LogP contribution in [0.2, 0.25) is 0 Å². The lowest BCUT2D eigenvalue weighted by molar-refractivity contribution is -0.127. The Morgan fingerprint density at radius 2 is 2.04 bits per heavy atom. The third-order valence-corrected chi connectivity index (χ3v) is 4.27. The number of rotatable bonds is 5. The quantitative estimate of drug-likeness (QED) is 0.777. The van der Waals surface area contributed by atoms with Crippen LogP contribution in [0.4, 0.5) is 0 Å². The number of aromatic nitrogens is 2. The molecule has 2 heterocycles. The first-order valence-corrected chi connectivity index (χ1v) is 8.39. The zero-order valence-electron chi connectivity index (χ0n) is 15.0. The van der Waals surface area contributed by atoms with Gasteiger partial charge in [0.05, 0.1) is 18.4 Å². The second kappa shape index (κ2) is 6.97. The fraction of sp³-hybridized carbons (Fsp3) is 0.300. The normalized spacial score (nSPS) is 12.2. The molecule has 0 saturated heterocycles. The number of pyridine rings is 1. The Kier molecular flexibility index (Phi) is 4.74. The van der Waals surface area contributed by atoms with Crippen LogP contribution in [0.25, 0.3) is 5.65 Å². The standard InChI is InChI=1S/C20H23N3O2/c1-13-7-8-14(2)18(10-13)25-16(4)20(24)22-12-17-11-21-19-15(3)6-5-9-23(17)19/h5-11,16H,12H2,1-4H3,(H,22,24). The van der Waals surface area contributed by atoms with Gasteiger partial charge in [-0.05, 0) is 56.5 Å². The highest BCUT2D eigenvalue weighted by Crippen LogP contribution is 2.20. The summed E-state index contributed by atoms with van der Waals surface area (Å²) in [6.45, 7) is 8.16. The van der Waals surface area contributed by atoms with Gasteiger partial charge in [-0.1, -0.05) is 18.2 Å². The summed E-state index contributed by atoms with van der Waals surface area (Å²) in [4.78, 5) is 16.8. The molecular formula is C20H23N3O2. The second-order valence-corrected chi connectivity index (χ2v) is 6.38. The van der Waals surface area contributed by atoms with Crippen molar-refractivity contribution in [2.24, 2.45) is 0 Å². The fourth-order valence-corrected chi connectivity index (χ4v) is 2.73. The number of carbonyl (C=O) groups is 1. The number of nitrogens with zero attached hydrogens (tertiary/aromatic N) is 2. The number of benzene rings is 1. The lowest BCUT2D eigenvalue weighted by atomic mass is 10.1. The summed E-state index contributed by atoms with van der Waals surface area (Å²) in [5.74, 6) is 0.594. The molecule has 3 rings (SSSR count). The Morgan fingerprint density at radius 1 is 1.24 bits per heavy atom. The summed E-state index contributed by atoms with van der Waals surface area (Å²) < 4.78 is 7.82. The van der Waals surface area contributed by atoms with Crippen LogP contribution < -0.4 is 10.1 Å². The number of hydrogen-bond donors (Lipinski definition) is 1. The number of hydrogen-bond acceptors (Lipinski definition) is 3. The summed E-state index contributed by atoms with van der Waals surface area (Å²) in [6.07, 6.45) is 3.17. The Balaban J connectivity index is 1.65. The number of imidazole rings is 1. The molecule has 3 aromatic rings. The molecule has 0 aliphatic heterocycles. The first kappa shape index (κ1) is 17.0. The van der Waals surface area contributed by atoms with Gasteiger partial charge >= 0.3 is 0 Å². The average molecular weight is 337 g/mol. The van der Waals surface area contributed by atoms with Crippen molar-refractivity contribution in [3.05, 3.63) is 65.1 Å². The summed E-state index contributed by atoms with van der Waals surface area (Å²) >= 11 is 0. The molecule has 1 unspecified atom stereocenters. The molecule has 1 aromatic carbocycles. The predicted molar refractivity (Wildman–Crippen MR) is 97.8 cm³/mol. The molecule has 1 atom stereocenters. The van der Waals surface area contributed by atoms with Crippen LogP contribution >= 0.6 is 0 Å². The molecule has 0 saturated carbocycles. The highest BCUT2D eigenvalue weighted by molar-refractivity contribution is 5.80. The molecule has 0 radical (unpaired) electrons. The SMILES string of the molecule is Cc1ccc(C)c(OC(C)C(=O)NCc2cnc3c(C)cccn23)c1. The summed E-state index contributed by atoms with van der Waals surface area (Å²) in [5, 5.41) is 2.93. The Morgan fingerprint density at radius 3 is 2.84 bits per heavy atom. The summed E-state index contributed by atoms with van der Waals surface area (Å²) in [5.41, 5.74) is 5.07. The molecule has 2 aromatic heterocycles. The Hall–Kier alpha value is -2.82. The van der Waals surface area contributed by atoms with Crippen LogP contribution in [0.3, 0.4) is 0 Å². The van der Waals surface area contributed by atoms with Gasteiger partial charge in [0.2, 0.25) is 0 Å². The smallest absolute Gasteiger partial charge is 0.261 e. The average Bonchev–Trinajstić information content (AvgIpc) is 3.00. The van der Waals surface area contributed by atoms with Crippen LogP contribution in [-0.4, -0.2) is 21.4 Å². The largest absolute Gasteiger partial charge is 0.481 e. The number of nitrogens with one attached hydrogen (secondary N) is 1. The topological polar surface area (TPSA) is 55.6 Å². The van der Waals surface area contributed by atoms with Crippen molar-refractivity contribution in [1.29, 1.82) is 0 Å². The molecule has 1 amide bonds. The molecule has 0 spiro atoms. The van der Waals surface area contributed by atoms with Gasteiger partial charge in [-0.15, -0.1) is 0 Å². The molecular weight excluding hydrogens is 314 g/mol. The minimum Gasteiger partial charge on any atom is -0.481 e. The van der Waals surface area contributed by atoms with Gasteiger partial charge in [-0.3, -0.25) is 4.79 Å². The Bertz CT molecular complexity index is 914. The first-order valence-electron chi connectivity index (χ1n) is 8.39. The van der Waals surface area contributed by atoms with Gasteiger partial charge in [0.25, 0.3) is 5.91 Å². The van der Waals surface area contributed by atoms with Crippen molar-refractivity contribution in [3.63, 3.8) is 0 Å². The third kappa shape index (κ3) is 3.65. The zero-order chi connectivity index (χ0) is 18.0. The van der Waals surface area contributed by atoms with Gasteiger partial charge in [0, 0.05) is 6.20 Å². The molecule has 0 bridgehead atoms. The van der Waals surface area contributed by atoms with E-state index in [0.29, 0.717) is 6.54 Å². The van der Waals surface area contributed by atoms with E-state index in [9.17, 15) is 4.79 Å². The van der Waals surface area contributed by atoms with Gasteiger partial charge in [0.15, 0.2) is 6.10 Å². The monoisotopic (exact) mass is 337 g/mol. The summed E-state index contributed by atoms with van der Waals surface area (Å²) in [6, 6.07) is 9.97. The van der Waals surface area contributed by atoms with Crippen LogP contribution in [0.5, 0.6) is 5.75 Å². The predicted octanol–water partition coefficient (Wildman–Crippen LogP) is 3.34. The van der Waals surface area contributed by atoms with Gasteiger partial charge < -0.3 is 14.5 Å². The van der Waals surface area contributed by atoms with E-state index in [4.69, 9.17) is 4.74 Å². The van der Waals surface area contributed by atoms with E-state index in [1.807, 2.05) is 61.7 Å². The van der Waals surface area contributed by atoms with E-state index in [2.05, 4.69) is 10.3 Å². The van der Waals surface area contributed by atoms with Crippen LogP contribution in [0.15, 0.2) is 42.7 Å². The minimum atomic E-state index is -0.568. The van der Waals surface area contributed by atoms with Gasteiger partial charge in [0.1, 0.15) is 11.4 Å². The van der Waals surface area contributed by atoms with E-state index < -0.39 is 6.10 Å². The van der Waals surface area contributed by atoms with Crippen LogP contribution in [0, 0.1) is 20.8 Å².